The molecule has 0 aliphatic carbocycles. The minimum atomic E-state index is -0.488. The van der Waals surface area contributed by atoms with Crippen LogP contribution in [-0.2, 0) is 17.6 Å². The van der Waals surface area contributed by atoms with Gasteiger partial charge >= 0.3 is 0 Å². The van der Waals surface area contributed by atoms with Gasteiger partial charge in [-0.15, -0.1) is 22.6 Å². The van der Waals surface area contributed by atoms with Gasteiger partial charge in [0, 0.05) is 24.6 Å². The summed E-state index contributed by atoms with van der Waals surface area (Å²) < 4.78 is 2.48. The molecule has 2 aromatic heterocycles. The van der Waals surface area contributed by atoms with Crippen LogP contribution in [0.5, 0.6) is 0 Å². The van der Waals surface area contributed by atoms with E-state index in [1.807, 2.05) is 31.4 Å². The van der Waals surface area contributed by atoms with Crippen molar-refractivity contribution in [3.8, 4) is 0 Å². The van der Waals surface area contributed by atoms with Crippen molar-refractivity contribution in [1.82, 2.24) is 25.3 Å². The first-order valence-corrected chi connectivity index (χ1v) is 9.43. The Morgan fingerprint density at radius 2 is 2.08 bits per heavy atom. The molecule has 138 valence electrons. The van der Waals surface area contributed by atoms with Crippen LogP contribution in [0, 0.1) is 0 Å². The van der Waals surface area contributed by atoms with Gasteiger partial charge < -0.3 is 5.32 Å². The van der Waals surface area contributed by atoms with Gasteiger partial charge in [-0.1, -0.05) is 53.4 Å². The number of thioether (sulfide) groups is 1. The van der Waals surface area contributed by atoms with Crippen molar-refractivity contribution >= 4 is 46.5 Å². The highest BCUT2D eigenvalue weighted by atomic mass is 35.5. The van der Waals surface area contributed by atoms with Crippen LogP contribution in [0.25, 0.3) is 0 Å². The topological polar surface area (TPSA) is 84.7 Å². The molecule has 0 spiro atoms. The van der Waals surface area contributed by atoms with Crippen molar-refractivity contribution in [2.45, 2.75) is 16.1 Å². The summed E-state index contributed by atoms with van der Waals surface area (Å²) in [4.78, 5) is 12.5. The molecule has 1 unspecified atom stereocenters. The Morgan fingerprint density at radius 3 is 2.73 bits per heavy atom. The second-order valence-electron chi connectivity index (χ2n) is 5.31. The second-order valence-corrected chi connectivity index (χ2v) is 7.51. The normalized spacial score (nSPS) is 11.6. The molecular weight excluding hydrogens is 392 g/mol. The number of anilines is 1. The first kappa shape index (κ1) is 20.4. The molecule has 0 saturated heterocycles. The number of carbonyl (C=O) groups is 1. The van der Waals surface area contributed by atoms with Crippen LogP contribution >= 0.6 is 35.5 Å². The molecule has 0 radical (unpaired) electrons. The Kier molecular flexibility index (Phi) is 7.58. The molecule has 0 bridgehead atoms. The molecule has 7 nitrogen and oxygen atoms in total. The minimum Gasteiger partial charge on any atom is -0.305 e. The SMILES string of the molecule is CNC(C(=O)Nc1nnc(SCc2ccccc2)s1)c1cnn(C)c1.Cl. The van der Waals surface area contributed by atoms with Crippen molar-refractivity contribution in [2.75, 3.05) is 12.4 Å². The maximum absolute atomic E-state index is 12.5. The van der Waals surface area contributed by atoms with E-state index in [2.05, 4.69) is 38.1 Å². The van der Waals surface area contributed by atoms with E-state index < -0.39 is 6.04 Å². The molecule has 2 heterocycles. The van der Waals surface area contributed by atoms with Crippen molar-refractivity contribution in [3.05, 3.63) is 53.9 Å². The smallest absolute Gasteiger partial charge is 0.248 e. The van der Waals surface area contributed by atoms with Crippen LogP contribution < -0.4 is 10.6 Å². The standard InChI is InChI=1S/C16H18N6OS2.ClH/c1-17-13(12-8-18-22(2)9-12)14(23)19-15-20-21-16(25-15)24-10-11-6-4-3-5-7-11;/h3-9,13,17H,10H2,1-2H3,(H,19,20,23);1H. The van der Waals surface area contributed by atoms with E-state index in [1.165, 1.54) is 16.9 Å². The van der Waals surface area contributed by atoms with E-state index in [0.29, 0.717) is 5.13 Å². The maximum atomic E-state index is 12.5. The van der Waals surface area contributed by atoms with Gasteiger partial charge in [-0.25, -0.2) is 0 Å². The third kappa shape index (κ3) is 5.28. The van der Waals surface area contributed by atoms with E-state index in [4.69, 9.17) is 0 Å². The van der Waals surface area contributed by atoms with E-state index in [1.54, 1.807) is 29.7 Å². The number of aromatic nitrogens is 4. The lowest BCUT2D eigenvalue weighted by Crippen LogP contribution is -2.30. The zero-order valence-corrected chi connectivity index (χ0v) is 16.7. The monoisotopic (exact) mass is 410 g/mol. The summed E-state index contributed by atoms with van der Waals surface area (Å²) in [6, 6.07) is 9.67. The highest BCUT2D eigenvalue weighted by molar-refractivity contribution is 8.00. The molecular formula is C16H19ClN6OS2. The number of halogens is 1. The third-order valence-corrected chi connectivity index (χ3v) is 5.49. The van der Waals surface area contributed by atoms with Crippen LogP contribution in [0.15, 0.2) is 47.1 Å². The van der Waals surface area contributed by atoms with Crippen molar-refractivity contribution in [1.29, 1.82) is 0 Å². The Balaban J connectivity index is 0.00000243. The number of amides is 1. The Bertz CT molecular complexity index is 838. The third-order valence-electron chi connectivity index (χ3n) is 3.45. The summed E-state index contributed by atoms with van der Waals surface area (Å²) in [5.41, 5.74) is 2.02. The number of benzene rings is 1. The molecule has 0 aliphatic rings. The van der Waals surface area contributed by atoms with Gasteiger partial charge in [0.2, 0.25) is 11.0 Å². The van der Waals surface area contributed by atoms with Crippen molar-refractivity contribution in [2.24, 2.45) is 7.05 Å². The summed E-state index contributed by atoms with van der Waals surface area (Å²) in [6.45, 7) is 0. The average molecular weight is 411 g/mol. The summed E-state index contributed by atoms with van der Waals surface area (Å²) in [6.07, 6.45) is 3.48. The highest BCUT2D eigenvalue weighted by Gasteiger charge is 2.21. The summed E-state index contributed by atoms with van der Waals surface area (Å²) in [5.74, 6) is 0.629. The van der Waals surface area contributed by atoms with E-state index in [0.717, 1.165) is 15.7 Å². The molecule has 1 atom stereocenters. The molecule has 26 heavy (non-hydrogen) atoms. The number of hydrogen-bond acceptors (Lipinski definition) is 7. The molecule has 3 rings (SSSR count). The molecule has 0 saturated carbocycles. The average Bonchev–Trinajstić information content (AvgIpc) is 3.24. The zero-order chi connectivity index (χ0) is 17.6. The van der Waals surface area contributed by atoms with Gasteiger partial charge in [0.15, 0.2) is 4.34 Å². The Morgan fingerprint density at radius 1 is 1.31 bits per heavy atom. The number of nitrogens with one attached hydrogen (secondary N) is 2. The molecule has 2 N–H and O–H groups in total. The fraction of sp³-hybridized carbons (Fsp3) is 0.250. The number of rotatable bonds is 7. The van der Waals surface area contributed by atoms with Crippen molar-refractivity contribution < 1.29 is 4.79 Å². The number of likely N-dealkylation sites (N-methyl/N-ethyl adjacent to an activating group) is 1. The van der Waals surface area contributed by atoms with Crippen LogP contribution in [0.2, 0.25) is 0 Å². The predicted molar refractivity (Wildman–Crippen MR) is 107 cm³/mol. The zero-order valence-electron chi connectivity index (χ0n) is 14.2. The van der Waals surface area contributed by atoms with Gasteiger partial charge in [-0.3, -0.25) is 14.8 Å². The minimum absolute atomic E-state index is 0. The Hall–Kier alpha value is -1.94. The molecule has 1 aromatic carbocycles. The first-order valence-electron chi connectivity index (χ1n) is 7.62. The number of nitrogens with zero attached hydrogens (tertiary/aromatic N) is 4. The summed E-state index contributed by atoms with van der Waals surface area (Å²) >= 11 is 2.97. The van der Waals surface area contributed by atoms with E-state index >= 15 is 0 Å². The maximum Gasteiger partial charge on any atom is 0.248 e. The van der Waals surface area contributed by atoms with E-state index in [-0.39, 0.29) is 18.3 Å². The highest BCUT2D eigenvalue weighted by Crippen LogP contribution is 2.28. The van der Waals surface area contributed by atoms with E-state index in [9.17, 15) is 4.79 Å². The molecule has 0 fully saturated rings. The largest absolute Gasteiger partial charge is 0.305 e. The Labute approximate surface area is 166 Å². The molecule has 0 aliphatic heterocycles. The summed E-state index contributed by atoms with van der Waals surface area (Å²) in [5, 5.41) is 18.6. The van der Waals surface area contributed by atoms with Crippen LogP contribution in [0.4, 0.5) is 5.13 Å². The lowest BCUT2D eigenvalue weighted by molar-refractivity contribution is -0.118. The lowest BCUT2D eigenvalue weighted by atomic mass is 10.1. The fourth-order valence-electron chi connectivity index (χ4n) is 2.25. The van der Waals surface area contributed by atoms with Gasteiger partial charge in [0.05, 0.1) is 6.20 Å². The quantitative estimate of drug-likeness (QED) is 0.460. The molecule has 1 amide bonds. The van der Waals surface area contributed by atoms with Gasteiger partial charge in [-0.2, -0.15) is 5.10 Å². The van der Waals surface area contributed by atoms with Crippen LogP contribution in [-0.4, -0.2) is 32.9 Å². The van der Waals surface area contributed by atoms with Crippen molar-refractivity contribution in [3.63, 3.8) is 0 Å². The number of carbonyl (C=O) groups excluding carboxylic acids is 1. The van der Waals surface area contributed by atoms with Crippen LogP contribution in [0.1, 0.15) is 17.2 Å². The fourth-order valence-corrected chi connectivity index (χ4v) is 3.96. The number of hydrogen-bond donors (Lipinski definition) is 2. The molecule has 3 aromatic rings. The van der Waals surface area contributed by atoms with Gasteiger partial charge in [0.1, 0.15) is 6.04 Å². The van der Waals surface area contributed by atoms with Gasteiger partial charge in [0.25, 0.3) is 0 Å². The number of aryl methyl sites for hydroxylation is 1. The lowest BCUT2D eigenvalue weighted by Gasteiger charge is -2.12. The second kappa shape index (κ2) is 9.67. The van der Waals surface area contributed by atoms with Crippen LogP contribution in [0.3, 0.4) is 0 Å². The molecule has 10 heteroatoms. The summed E-state index contributed by atoms with van der Waals surface area (Å²) in [7, 11) is 3.55. The van der Waals surface area contributed by atoms with Gasteiger partial charge in [-0.05, 0) is 12.6 Å². The first-order chi connectivity index (χ1) is 12.2. The predicted octanol–water partition coefficient (Wildman–Crippen LogP) is 2.88.